The lowest BCUT2D eigenvalue weighted by Crippen LogP contribution is -2.06. The van der Waals surface area contributed by atoms with Crippen molar-refractivity contribution in [1.82, 2.24) is 0 Å². The third-order valence-corrected chi connectivity index (χ3v) is 7.73. The molecule has 0 amide bonds. The Bertz CT molecular complexity index is 494. The fourth-order valence-corrected chi connectivity index (χ4v) is 5.26. The van der Waals surface area contributed by atoms with Gasteiger partial charge in [0.05, 0.1) is 0 Å². The highest BCUT2D eigenvalue weighted by Crippen LogP contribution is 2.29. The predicted molar refractivity (Wildman–Crippen MR) is 168 cm³/mol. The van der Waals surface area contributed by atoms with E-state index in [0.717, 1.165) is 12.3 Å². The highest BCUT2D eigenvalue weighted by Gasteiger charge is 2.13. The van der Waals surface area contributed by atoms with Crippen molar-refractivity contribution in [3.8, 4) is 0 Å². The number of allylic oxidation sites excluding steroid dienone is 6. The van der Waals surface area contributed by atoms with E-state index >= 15 is 0 Å². The summed E-state index contributed by atoms with van der Waals surface area (Å²) in [6, 6.07) is 0. The Labute approximate surface area is 229 Å². The van der Waals surface area contributed by atoms with Gasteiger partial charge in [-0.25, -0.2) is 0 Å². The molecule has 0 aromatic rings. The molecule has 0 aliphatic carbocycles. The summed E-state index contributed by atoms with van der Waals surface area (Å²) in [4.78, 5) is 0. The van der Waals surface area contributed by atoms with Crippen molar-refractivity contribution in [2.24, 2.45) is 5.92 Å². The first-order valence-corrected chi connectivity index (χ1v) is 16.8. The van der Waals surface area contributed by atoms with E-state index in [-0.39, 0.29) is 0 Å². The Morgan fingerprint density at radius 3 is 1.53 bits per heavy atom. The smallest absolute Gasteiger partial charge is 0.0166 e. The molecule has 0 saturated heterocycles. The van der Waals surface area contributed by atoms with Crippen molar-refractivity contribution >= 4 is 0 Å². The Morgan fingerprint density at radius 2 is 0.917 bits per heavy atom. The quantitative estimate of drug-likeness (QED) is 0.0740. The Balaban J connectivity index is 4.98. The third-order valence-electron chi connectivity index (χ3n) is 7.73. The van der Waals surface area contributed by atoms with E-state index in [1.165, 1.54) is 154 Å². The number of hydrogen-bond acceptors (Lipinski definition) is 0. The summed E-state index contributed by atoms with van der Waals surface area (Å²) in [5, 5.41) is 0. The van der Waals surface area contributed by atoms with Gasteiger partial charge in [-0.2, -0.15) is 0 Å². The molecule has 0 fully saturated rings. The van der Waals surface area contributed by atoms with Crippen LogP contribution in [0.5, 0.6) is 0 Å². The molecule has 212 valence electrons. The van der Waals surface area contributed by atoms with Crippen molar-refractivity contribution in [3.63, 3.8) is 0 Å². The van der Waals surface area contributed by atoms with Crippen molar-refractivity contribution in [1.29, 1.82) is 0 Å². The average Bonchev–Trinajstić information content (AvgIpc) is 2.89. The van der Waals surface area contributed by atoms with E-state index in [1.807, 2.05) is 0 Å². The number of unbranched alkanes of at least 4 members (excludes halogenated alkanes) is 16. The van der Waals surface area contributed by atoms with Gasteiger partial charge in [0.2, 0.25) is 0 Å². The standard InChI is InChI=1S/C36H68/c1-5-9-13-17-21-25-29-33-35(31-27-23-19-15-11-7-3)36(32-28-24-20-16-12-8-4)34-30-26-22-18-14-10-6-2/h21-22,25-26,33,36H,5-20,23-24,27-32,34H2,1-4H3/b25-21+,26-22+,35-33-. The molecule has 0 heteroatoms. The first kappa shape index (κ1) is 35.2. The Hall–Kier alpha value is -0.780. The predicted octanol–water partition coefficient (Wildman–Crippen LogP) is 13.5. The third kappa shape index (κ3) is 24.9. The molecule has 0 saturated carbocycles. The molecule has 36 heavy (non-hydrogen) atoms. The fraction of sp³-hybridized carbons (Fsp3) is 0.833. The molecule has 0 rings (SSSR count). The van der Waals surface area contributed by atoms with E-state index in [2.05, 4.69) is 58.1 Å². The van der Waals surface area contributed by atoms with E-state index in [1.54, 1.807) is 5.57 Å². The summed E-state index contributed by atoms with van der Waals surface area (Å²) in [6.07, 6.45) is 46.7. The summed E-state index contributed by atoms with van der Waals surface area (Å²) < 4.78 is 0. The van der Waals surface area contributed by atoms with Gasteiger partial charge in [-0.3, -0.25) is 0 Å². The van der Waals surface area contributed by atoms with Crippen LogP contribution in [0.3, 0.4) is 0 Å². The van der Waals surface area contributed by atoms with Crippen molar-refractivity contribution in [2.75, 3.05) is 0 Å². The zero-order valence-electron chi connectivity index (χ0n) is 25.6. The maximum atomic E-state index is 2.65. The van der Waals surface area contributed by atoms with Gasteiger partial charge in [0.15, 0.2) is 0 Å². The summed E-state index contributed by atoms with van der Waals surface area (Å²) in [5.74, 6) is 0.806. The molecular weight excluding hydrogens is 432 g/mol. The van der Waals surface area contributed by atoms with Crippen LogP contribution in [0.1, 0.15) is 188 Å². The van der Waals surface area contributed by atoms with Gasteiger partial charge in [-0.15, -0.1) is 0 Å². The Morgan fingerprint density at radius 1 is 0.444 bits per heavy atom. The molecule has 0 spiro atoms. The molecule has 0 aliphatic heterocycles. The summed E-state index contributed by atoms with van der Waals surface area (Å²) in [7, 11) is 0. The van der Waals surface area contributed by atoms with E-state index < -0.39 is 0 Å². The summed E-state index contributed by atoms with van der Waals surface area (Å²) in [6.45, 7) is 9.24. The second-order valence-corrected chi connectivity index (χ2v) is 11.3. The fourth-order valence-electron chi connectivity index (χ4n) is 5.26. The van der Waals surface area contributed by atoms with Crippen LogP contribution in [0.2, 0.25) is 0 Å². The second-order valence-electron chi connectivity index (χ2n) is 11.3. The first-order chi connectivity index (χ1) is 17.8. The van der Waals surface area contributed by atoms with Crippen molar-refractivity contribution < 1.29 is 0 Å². The van der Waals surface area contributed by atoms with Crippen molar-refractivity contribution in [3.05, 3.63) is 36.0 Å². The molecule has 0 aromatic heterocycles. The van der Waals surface area contributed by atoms with Crippen LogP contribution in [-0.2, 0) is 0 Å². The molecule has 0 N–H and O–H groups in total. The second kappa shape index (κ2) is 30.4. The minimum Gasteiger partial charge on any atom is -0.0885 e. The molecule has 0 aliphatic rings. The summed E-state index contributed by atoms with van der Waals surface area (Å²) in [5.41, 5.74) is 1.80. The van der Waals surface area contributed by atoms with Gasteiger partial charge in [0, 0.05) is 0 Å². The van der Waals surface area contributed by atoms with Crippen LogP contribution in [-0.4, -0.2) is 0 Å². The molecule has 1 unspecified atom stereocenters. The molecule has 1 atom stereocenters. The lowest BCUT2D eigenvalue weighted by molar-refractivity contribution is 0.459. The van der Waals surface area contributed by atoms with Crippen LogP contribution < -0.4 is 0 Å². The largest absolute Gasteiger partial charge is 0.0885 e. The SMILES string of the molecule is CCCCC/C=C/C/C=C(/CCCCCCCC)C(CC/C=C/CCCCC)CCCCCCCC. The van der Waals surface area contributed by atoms with Crippen LogP contribution in [0, 0.1) is 5.92 Å². The van der Waals surface area contributed by atoms with E-state index in [0.29, 0.717) is 0 Å². The molecule has 0 heterocycles. The van der Waals surface area contributed by atoms with Gasteiger partial charge in [0.1, 0.15) is 0 Å². The first-order valence-electron chi connectivity index (χ1n) is 16.8. The van der Waals surface area contributed by atoms with Crippen LogP contribution >= 0.6 is 0 Å². The lowest BCUT2D eigenvalue weighted by atomic mass is 9.85. The minimum atomic E-state index is 0.806. The zero-order chi connectivity index (χ0) is 26.4. The highest BCUT2D eigenvalue weighted by molar-refractivity contribution is 5.10. The maximum absolute atomic E-state index is 2.65. The van der Waals surface area contributed by atoms with Crippen LogP contribution in [0.4, 0.5) is 0 Å². The number of hydrogen-bond donors (Lipinski definition) is 0. The topological polar surface area (TPSA) is 0 Å². The molecular formula is C36H68. The van der Waals surface area contributed by atoms with Gasteiger partial charge in [-0.1, -0.05) is 160 Å². The van der Waals surface area contributed by atoms with Gasteiger partial charge in [0.25, 0.3) is 0 Å². The molecule has 0 aromatic carbocycles. The molecule has 0 bridgehead atoms. The van der Waals surface area contributed by atoms with Gasteiger partial charge >= 0.3 is 0 Å². The van der Waals surface area contributed by atoms with Gasteiger partial charge in [-0.05, 0) is 70.1 Å². The zero-order valence-corrected chi connectivity index (χ0v) is 25.6. The molecule has 0 nitrogen and oxygen atoms in total. The maximum Gasteiger partial charge on any atom is -0.0166 e. The Kier molecular flexibility index (Phi) is 29.8. The van der Waals surface area contributed by atoms with Gasteiger partial charge < -0.3 is 0 Å². The highest BCUT2D eigenvalue weighted by atomic mass is 14.2. The lowest BCUT2D eigenvalue weighted by Gasteiger charge is -2.21. The van der Waals surface area contributed by atoms with E-state index in [4.69, 9.17) is 0 Å². The minimum absolute atomic E-state index is 0.806. The normalized spacial score (nSPS) is 13.4. The van der Waals surface area contributed by atoms with Crippen molar-refractivity contribution in [2.45, 2.75) is 188 Å². The van der Waals surface area contributed by atoms with Crippen LogP contribution in [0.25, 0.3) is 0 Å². The monoisotopic (exact) mass is 501 g/mol. The number of rotatable bonds is 28. The average molecular weight is 501 g/mol. The molecule has 0 radical (unpaired) electrons. The van der Waals surface area contributed by atoms with Crippen LogP contribution in [0.15, 0.2) is 36.0 Å². The summed E-state index contributed by atoms with van der Waals surface area (Å²) >= 11 is 0. The van der Waals surface area contributed by atoms with E-state index in [9.17, 15) is 0 Å².